The molecule has 2 saturated heterocycles. The van der Waals surface area contributed by atoms with Crippen molar-refractivity contribution in [1.29, 1.82) is 0 Å². The number of rotatable bonds is 3. The second kappa shape index (κ2) is 5.52. The Morgan fingerprint density at radius 3 is 2.05 bits per heavy atom. The molecule has 4 heteroatoms. The van der Waals surface area contributed by atoms with E-state index in [1.54, 1.807) is 14.2 Å². The molecule has 2 bridgehead atoms. The summed E-state index contributed by atoms with van der Waals surface area (Å²) in [5.41, 5.74) is 7.41. The van der Waals surface area contributed by atoms with Crippen LogP contribution in [-0.4, -0.2) is 32.3 Å². The zero-order valence-corrected chi connectivity index (χ0v) is 12.3. The highest BCUT2D eigenvalue weighted by atomic mass is 16.5. The summed E-state index contributed by atoms with van der Waals surface area (Å²) < 4.78 is 10.8. The highest BCUT2D eigenvalue weighted by Crippen LogP contribution is 2.39. The first kappa shape index (κ1) is 13.6. The second-order valence-electron chi connectivity index (χ2n) is 5.95. The molecule has 0 spiro atoms. The molecule has 4 nitrogen and oxygen atoms in total. The molecule has 0 aromatic heterocycles. The fourth-order valence-electron chi connectivity index (χ4n) is 3.79. The highest BCUT2D eigenvalue weighted by Gasteiger charge is 2.37. The lowest BCUT2D eigenvalue weighted by molar-refractivity contribution is 0.270. The Kier molecular flexibility index (Phi) is 3.74. The van der Waals surface area contributed by atoms with Gasteiger partial charge in [-0.1, -0.05) is 0 Å². The summed E-state index contributed by atoms with van der Waals surface area (Å²) in [5, 5.41) is 0. The van der Waals surface area contributed by atoms with E-state index in [-0.39, 0.29) is 0 Å². The predicted octanol–water partition coefficient (Wildman–Crippen LogP) is 2.55. The van der Waals surface area contributed by atoms with E-state index < -0.39 is 0 Å². The zero-order valence-electron chi connectivity index (χ0n) is 12.3. The van der Waals surface area contributed by atoms with E-state index in [4.69, 9.17) is 15.2 Å². The largest absolute Gasteiger partial charge is 0.497 e. The van der Waals surface area contributed by atoms with E-state index in [2.05, 4.69) is 17.0 Å². The number of benzene rings is 1. The number of fused-ring (bicyclic) bond motifs is 2. The molecule has 20 heavy (non-hydrogen) atoms. The van der Waals surface area contributed by atoms with Crippen molar-refractivity contribution < 1.29 is 9.47 Å². The minimum Gasteiger partial charge on any atom is -0.497 e. The normalized spacial score (nSPS) is 29.1. The Morgan fingerprint density at radius 1 is 1.00 bits per heavy atom. The smallest absolute Gasteiger partial charge is 0.124 e. The van der Waals surface area contributed by atoms with Gasteiger partial charge < -0.3 is 20.1 Å². The van der Waals surface area contributed by atoms with Gasteiger partial charge in [0.25, 0.3) is 0 Å². The third-order valence-electron chi connectivity index (χ3n) is 4.65. The molecule has 0 aliphatic carbocycles. The maximum absolute atomic E-state index is 6.20. The van der Waals surface area contributed by atoms with Crippen molar-refractivity contribution >= 4 is 5.69 Å². The average molecular weight is 276 g/mol. The Balaban J connectivity index is 1.95. The number of hydrogen-bond acceptors (Lipinski definition) is 4. The summed E-state index contributed by atoms with van der Waals surface area (Å²) in [6.45, 7) is 0. The molecule has 3 rings (SSSR count). The first-order valence-corrected chi connectivity index (χ1v) is 7.48. The van der Waals surface area contributed by atoms with Crippen LogP contribution in [-0.2, 0) is 0 Å². The molecule has 2 aliphatic heterocycles. The fourth-order valence-corrected chi connectivity index (χ4v) is 3.79. The van der Waals surface area contributed by atoms with Gasteiger partial charge in [0.1, 0.15) is 11.5 Å². The molecule has 2 aliphatic rings. The first-order valence-electron chi connectivity index (χ1n) is 7.48. The van der Waals surface area contributed by atoms with Crippen LogP contribution in [0, 0.1) is 0 Å². The van der Waals surface area contributed by atoms with Gasteiger partial charge in [0.2, 0.25) is 0 Å². The van der Waals surface area contributed by atoms with Crippen molar-refractivity contribution in [3.8, 4) is 11.5 Å². The van der Waals surface area contributed by atoms with Gasteiger partial charge in [-0.25, -0.2) is 0 Å². The van der Waals surface area contributed by atoms with Crippen LogP contribution in [0.15, 0.2) is 18.2 Å². The fraction of sp³-hybridized carbons (Fsp3) is 0.625. The van der Waals surface area contributed by atoms with Crippen LogP contribution in [0.5, 0.6) is 11.5 Å². The summed E-state index contributed by atoms with van der Waals surface area (Å²) in [7, 11) is 3.40. The van der Waals surface area contributed by atoms with Gasteiger partial charge >= 0.3 is 0 Å². The van der Waals surface area contributed by atoms with Gasteiger partial charge in [-0.15, -0.1) is 0 Å². The minimum absolute atomic E-state index is 0.356. The van der Waals surface area contributed by atoms with Crippen LogP contribution < -0.4 is 20.1 Å². The monoisotopic (exact) mass is 276 g/mol. The molecule has 1 aromatic rings. The predicted molar refractivity (Wildman–Crippen MR) is 80.7 cm³/mol. The standard InChI is InChI=1S/C16H24N2O2/c1-19-15-8-14(9-16(10-15)20-2)18-12-4-3-5-13(18)7-11(17)6-12/h8-13H,3-7,17H2,1-2H3. The van der Waals surface area contributed by atoms with Gasteiger partial charge in [0, 0.05) is 42.0 Å². The molecule has 110 valence electrons. The molecule has 2 unspecified atom stereocenters. The summed E-state index contributed by atoms with van der Waals surface area (Å²) >= 11 is 0. The van der Waals surface area contributed by atoms with Crippen LogP contribution >= 0.6 is 0 Å². The molecule has 0 saturated carbocycles. The average Bonchev–Trinajstić information content (AvgIpc) is 2.45. The van der Waals surface area contributed by atoms with E-state index in [9.17, 15) is 0 Å². The Morgan fingerprint density at radius 2 is 1.55 bits per heavy atom. The van der Waals surface area contributed by atoms with Crippen LogP contribution in [0.25, 0.3) is 0 Å². The van der Waals surface area contributed by atoms with Gasteiger partial charge in [-0.3, -0.25) is 0 Å². The van der Waals surface area contributed by atoms with Gasteiger partial charge in [-0.2, -0.15) is 0 Å². The van der Waals surface area contributed by atoms with Crippen molar-refractivity contribution in [3.05, 3.63) is 18.2 Å². The van der Waals surface area contributed by atoms with Crippen molar-refractivity contribution in [2.45, 2.75) is 50.2 Å². The highest BCUT2D eigenvalue weighted by molar-refractivity contribution is 5.57. The van der Waals surface area contributed by atoms with Crippen molar-refractivity contribution in [2.75, 3.05) is 19.1 Å². The molecule has 2 N–H and O–H groups in total. The number of nitrogens with two attached hydrogens (primary N) is 1. The SMILES string of the molecule is COc1cc(OC)cc(N2C3CCCC2CC(N)C3)c1. The van der Waals surface area contributed by atoms with E-state index in [1.165, 1.54) is 24.9 Å². The van der Waals surface area contributed by atoms with Crippen LogP contribution in [0.2, 0.25) is 0 Å². The van der Waals surface area contributed by atoms with E-state index in [0.29, 0.717) is 18.1 Å². The minimum atomic E-state index is 0.356. The second-order valence-corrected chi connectivity index (χ2v) is 5.95. The number of piperidine rings is 2. The van der Waals surface area contributed by atoms with Crippen LogP contribution in [0.1, 0.15) is 32.1 Å². The molecule has 1 aromatic carbocycles. The molecule has 0 amide bonds. The third-order valence-corrected chi connectivity index (χ3v) is 4.65. The third kappa shape index (κ3) is 2.44. The Labute approximate surface area is 120 Å². The topological polar surface area (TPSA) is 47.7 Å². The van der Waals surface area contributed by atoms with Crippen molar-refractivity contribution in [3.63, 3.8) is 0 Å². The van der Waals surface area contributed by atoms with Gasteiger partial charge in [0.15, 0.2) is 0 Å². The lowest BCUT2D eigenvalue weighted by Crippen LogP contribution is -2.55. The van der Waals surface area contributed by atoms with Gasteiger partial charge in [-0.05, 0) is 32.1 Å². The molecule has 2 heterocycles. The lowest BCUT2D eigenvalue weighted by Gasteiger charge is -2.49. The summed E-state index contributed by atoms with van der Waals surface area (Å²) in [5.74, 6) is 1.71. The molecule has 2 atom stereocenters. The van der Waals surface area contributed by atoms with Gasteiger partial charge in [0.05, 0.1) is 14.2 Å². The number of methoxy groups -OCH3 is 2. The first-order chi connectivity index (χ1) is 9.71. The van der Waals surface area contributed by atoms with E-state index in [0.717, 1.165) is 24.3 Å². The van der Waals surface area contributed by atoms with Crippen molar-refractivity contribution in [2.24, 2.45) is 5.73 Å². The number of anilines is 1. The molecule has 2 fully saturated rings. The van der Waals surface area contributed by atoms with Crippen LogP contribution in [0.4, 0.5) is 5.69 Å². The molecular weight excluding hydrogens is 252 g/mol. The molecule has 0 radical (unpaired) electrons. The van der Waals surface area contributed by atoms with E-state index in [1.807, 2.05) is 6.07 Å². The van der Waals surface area contributed by atoms with Crippen LogP contribution in [0.3, 0.4) is 0 Å². The summed E-state index contributed by atoms with van der Waals surface area (Å²) in [6, 6.07) is 7.64. The summed E-state index contributed by atoms with van der Waals surface area (Å²) in [4.78, 5) is 2.55. The maximum atomic E-state index is 6.20. The molecular formula is C16H24N2O2. The number of hydrogen-bond donors (Lipinski definition) is 1. The lowest BCUT2D eigenvalue weighted by atomic mass is 9.81. The number of nitrogens with zero attached hydrogens (tertiary/aromatic N) is 1. The maximum Gasteiger partial charge on any atom is 0.124 e. The zero-order chi connectivity index (χ0) is 14.1. The van der Waals surface area contributed by atoms with E-state index >= 15 is 0 Å². The summed E-state index contributed by atoms with van der Waals surface area (Å²) in [6.07, 6.45) is 5.99. The Hall–Kier alpha value is -1.42. The van der Waals surface area contributed by atoms with Crippen molar-refractivity contribution in [1.82, 2.24) is 0 Å². The number of ether oxygens (including phenoxy) is 2. The quantitative estimate of drug-likeness (QED) is 0.921. The Bertz CT molecular complexity index is 441.